The van der Waals surface area contributed by atoms with E-state index in [1.54, 1.807) is 24.8 Å². The molecule has 0 aliphatic rings. The molecule has 5 nitrogen and oxygen atoms in total. The van der Waals surface area contributed by atoms with Gasteiger partial charge in [-0.2, -0.15) is 0 Å². The van der Waals surface area contributed by atoms with Gasteiger partial charge in [-0.1, -0.05) is 0 Å². The molecule has 2 rings (SSSR count). The third kappa shape index (κ3) is 3.05. The average molecular weight is 203 g/mol. The van der Waals surface area contributed by atoms with Crippen LogP contribution in [0.1, 0.15) is 12.2 Å². The fourth-order valence-corrected chi connectivity index (χ4v) is 1.30. The molecule has 2 heterocycles. The second kappa shape index (κ2) is 5.09. The number of hydrogen-bond acceptors (Lipinski definition) is 4. The van der Waals surface area contributed by atoms with Gasteiger partial charge >= 0.3 is 0 Å². The number of aryl methyl sites for hydroxylation is 1. The molecule has 15 heavy (non-hydrogen) atoms. The minimum Gasteiger partial charge on any atom is -0.369 e. The molecule has 5 heteroatoms. The van der Waals surface area contributed by atoms with Gasteiger partial charge in [0.15, 0.2) is 0 Å². The van der Waals surface area contributed by atoms with Crippen molar-refractivity contribution in [2.75, 3.05) is 11.9 Å². The Labute approximate surface area is 88.0 Å². The molecule has 0 spiro atoms. The van der Waals surface area contributed by atoms with Crippen LogP contribution in [0.25, 0.3) is 0 Å². The second-order valence-electron chi connectivity index (χ2n) is 3.16. The lowest BCUT2D eigenvalue weighted by Crippen LogP contribution is -2.05. The highest BCUT2D eigenvalue weighted by atomic mass is 15.0. The number of aromatic nitrogens is 4. The first-order valence-electron chi connectivity index (χ1n) is 4.93. The van der Waals surface area contributed by atoms with Gasteiger partial charge in [-0.3, -0.25) is 4.98 Å². The maximum absolute atomic E-state index is 4.15. The van der Waals surface area contributed by atoms with Crippen LogP contribution < -0.4 is 5.32 Å². The van der Waals surface area contributed by atoms with Crippen LogP contribution in [-0.2, 0) is 6.42 Å². The molecule has 2 aromatic rings. The van der Waals surface area contributed by atoms with Gasteiger partial charge in [-0.05, 0) is 6.42 Å². The Morgan fingerprint density at radius 3 is 2.93 bits per heavy atom. The molecule has 0 saturated carbocycles. The Bertz CT molecular complexity index is 370. The van der Waals surface area contributed by atoms with Crippen LogP contribution in [0.3, 0.4) is 0 Å². The molecule has 0 unspecified atom stereocenters. The van der Waals surface area contributed by atoms with E-state index in [0.717, 1.165) is 31.0 Å². The van der Waals surface area contributed by atoms with Crippen molar-refractivity contribution in [2.45, 2.75) is 12.8 Å². The summed E-state index contributed by atoms with van der Waals surface area (Å²) in [4.78, 5) is 15.3. The first-order chi connectivity index (χ1) is 7.45. The smallest absolute Gasteiger partial charge is 0.144 e. The molecule has 2 aromatic heterocycles. The van der Waals surface area contributed by atoms with E-state index in [1.165, 1.54) is 0 Å². The number of imidazole rings is 1. The Kier molecular flexibility index (Phi) is 3.27. The molecule has 0 amide bonds. The summed E-state index contributed by atoms with van der Waals surface area (Å²) in [5, 5.41) is 3.19. The SMILES string of the molecule is c1cnc(NCCCc2ncc[nH]2)cn1. The minimum absolute atomic E-state index is 0.817. The molecule has 0 saturated heterocycles. The zero-order valence-corrected chi connectivity index (χ0v) is 8.35. The highest BCUT2D eigenvalue weighted by molar-refractivity contribution is 5.29. The Balaban J connectivity index is 1.68. The summed E-state index contributed by atoms with van der Waals surface area (Å²) in [7, 11) is 0. The normalized spacial score (nSPS) is 10.1. The van der Waals surface area contributed by atoms with Crippen LogP contribution in [0.15, 0.2) is 31.0 Å². The van der Waals surface area contributed by atoms with Crippen LogP contribution in [0, 0.1) is 0 Å². The molecule has 0 atom stereocenters. The summed E-state index contributed by atoms with van der Waals surface area (Å²) in [6.07, 6.45) is 10.6. The topological polar surface area (TPSA) is 66.5 Å². The van der Waals surface area contributed by atoms with Crippen molar-refractivity contribution in [1.82, 2.24) is 19.9 Å². The molecule has 0 aliphatic carbocycles. The van der Waals surface area contributed by atoms with E-state index in [9.17, 15) is 0 Å². The Morgan fingerprint density at radius 2 is 2.20 bits per heavy atom. The number of nitrogens with zero attached hydrogens (tertiary/aromatic N) is 3. The van der Waals surface area contributed by atoms with E-state index in [4.69, 9.17) is 0 Å². The molecular formula is C10H13N5. The summed E-state index contributed by atoms with van der Waals surface area (Å²) >= 11 is 0. The van der Waals surface area contributed by atoms with E-state index >= 15 is 0 Å². The third-order valence-electron chi connectivity index (χ3n) is 2.01. The van der Waals surface area contributed by atoms with E-state index in [0.29, 0.717) is 0 Å². The fourth-order valence-electron chi connectivity index (χ4n) is 1.30. The number of nitrogens with one attached hydrogen (secondary N) is 2. The van der Waals surface area contributed by atoms with Crippen LogP contribution >= 0.6 is 0 Å². The predicted molar refractivity (Wildman–Crippen MR) is 57.4 cm³/mol. The van der Waals surface area contributed by atoms with E-state index in [2.05, 4.69) is 25.3 Å². The van der Waals surface area contributed by atoms with Crippen LogP contribution in [0.4, 0.5) is 5.82 Å². The van der Waals surface area contributed by atoms with Crippen molar-refractivity contribution in [3.63, 3.8) is 0 Å². The first kappa shape index (κ1) is 9.64. The van der Waals surface area contributed by atoms with Crippen LogP contribution in [-0.4, -0.2) is 26.5 Å². The maximum Gasteiger partial charge on any atom is 0.144 e. The lowest BCUT2D eigenvalue weighted by atomic mass is 10.3. The molecule has 0 fully saturated rings. The average Bonchev–Trinajstić information content (AvgIpc) is 2.79. The number of hydrogen-bond donors (Lipinski definition) is 2. The van der Waals surface area contributed by atoms with E-state index in [1.807, 2.05) is 6.20 Å². The number of anilines is 1. The quantitative estimate of drug-likeness (QED) is 0.717. The molecule has 0 bridgehead atoms. The lowest BCUT2D eigenvalue weighted by Gasteiger charge is -2.02. The van der Waals surface area contributed by atoms with Gasteiger partial charge in [0, 0.05) is 37.8 Å². The van der Waals surface area contributed by atoms with E-state index < -0.39 is 0 Å². The van der Waals surface area contributed by atoms with Crippen molar-refractivity contribution in [3.8, 4) is 0 Å². The van der Waals surface area contributed by atoms with Crippen molar-refractivity contribution in [2.24, 2.45) is 0 Å². The van der Waals surface area contributed by atoms with Crippen LogP contribution in [0.5, 0.6) is 0 Å². The first-order valence-corrected chi connectivity index (χ1v) is 4.93. The van der Waals surface area contributed by atoms with Crippen LogP contribution in [0.2, 0.25) is 0 Å². The van der Waals surface area contributed by atoms with Crippen molar-refractivity contribution in [1.29, 1.82) is 0 Å². The summed E-state index contributed by atoms with van der Waals surface area (Å²) in [5.74, 6) is 1.84. The van der Waals surface area contributed by atoms with Gasteiger partial charge in [0.2, 0.25) is 0 Å². The molecule has 0 radical (unpaired) electrons. The van der Waals surface area contributed by atoms with Gasteiger partial charge < -0.3 is 10.3 Å². The monoisotopic (exact) mass is 203 g/mol. The highest BCUT2D eigenvalue weighted by Gasteiger charge is 1.95. The summed E-state index contributed by atoms with van der Waals surface area (Å²) in [6.45, 7) is 0.874. The minimum atomic E-state index is 0.817. The zero-order valence-electron chi connectivity index (χ0n) is 8.35. The second-order valence-corrected chi connectivity index (χ2v) is 3.16. The Hall–Kier alpha value is -1.91. The van der Waals surface area contributed by atoms with Crippen molar-refractivity contribution in [3.05, 3.63) is 36.8 Å². The van der Waals surface area contributed by atoms with Gasteiger partial charge in [0.25, 0.3) is 0 Å². The highest BCUT2D eigenvalue weighted by Crippen LogP contribution is 1.99. The maximum atomic E-state index is 4.15. The molecule has 0 aliphatic heterocycles. The predicted octanol–water partition coefficient (Wildman–Crippen LogP) is 1.24. The molecule has 0 aromatic carbocycles. The van der Waals surface area contributed by atoms with E-state index in [-0.39, 0.29) is 0 Å². The van der Waals surface area contributed by atoms with Gasteiger partial charge in [0.1, 0.15) is 11.6 Å². The van der Waals surface area contributed by atoms with Gasteiger partial charge in [0.05, 0.1) is 6.20 Å². The molecule has 78 valence electrons. The number of aromatic amines is 1. The standard InChI is InChI=1S/C10H13N5/c1(2-9-13-6-7-14-9)3-12-10-8-11-4-5-15-10/h4-8H,1-3H2,(H,12,15)(H,13,14). The summed E-state index contributed by atoms with van der Waals surface area (Å²) in [6, 6.07) is 0. The summed E-state index contributed by atoms with van der Waals surface area (Å²) < 4.78 is 0. The summed E-state index contributed by atoms with van der Waals surface area (Å²) in [5.41, 5.74) is 0. The van der Waals surface area contributed by atoms with Gasteiger partial charge in [-0.25, -0.2) is 9.97 Å². The lowest BCUT2D eigenvalue weighted by molar-refractivity contribution is 0.813. The third-order valence-corrected chi connectivity index (χ3v) is 2.01. The Morgan fingerprint density at radius 1 is 1.20 bits per heavy atom. The van der Waals surface area contributed by atoms with Gasteiger partial charge in [-0.15, -0.1) is 0 Å². The van der Waals surface area contributed by atoms with Crippen molar-refractivity contribution >= 4 is 5.82 Å². The largest absolute Gasteiger partial charge is 0.369 e. The fraction of sp³-hybridized carbons (Fsp3) is 0.300. The number of rotatable bonds is 5. The number of H-pyrrole nitrogens is 1. The molecule has 2 N–H and O–H groups in total. The molecular weight excluding hydrogens is 190 g/mol. The zero-order chi connectivity index (χ0) is 10.3. The van der Waals surface area contributed by atoms with Crippen molar-refractivity contribution < 1.29 is 0 Å².